The minimum absolute atomic E-state index is 0.0291. The summed E-state index contributed by atoms with van der Waals surface area (Å²) in [4.78, 5) is 22.4. The Kier molecular flexibility index (Phi) is 3.60. The molecule has 0 aliphatic rings. The molecule has 0 aliphatic carbocycles. The standard InChI is InChI=1S/C13H12N4O3/c1-7(18)9-6-8(14)2-4-11(9)20-12-5-3-10(13(15)19)16-17-12/h2-6H,14H2,1H3,(H2,15,19). The molecule has 2 aromatic rings. The Balaban J connectivity index is 2.30. The average molecular weight is 272 g/mol. The van der Waals surface area contributed by atoms with E-state index in [-0.39, 0.29) is 17.4 Å². The van der Waals surface area contributed by atoms with E-state index in [4.69, 9.17) is 16.2 Å². The Bertz CT molecular complexity index is 668. The Labute approximate surface area is 114 Å². The van der Waals surface area contributed by atoms with Crippen molar-refractivity contribution in [2.75, 3.05) is 5.73 Å². The number of carbonyl (C=O) groups is 2. The van der Waals surface area contributed by atoms with Crippen molar-refractivity contribution in [3.63, 3.8) is 0 Å². The Morgan fingerprint density at radius 3 is 2.45 bits per heavy atom. The molecule has 0 fully saturated rings. The van der Waals surface area contributed by atoms with Crippen LogP contribution in [0.2, 0.25) is 0 Å². The Morgan fingerprint density at radius 1 is 1.15 bits per heavy atom. The number of ether oxygens (including phenoxy) is 1. The lowest BCUT2D eigenvalue weighted by molar-refractivity contribution is 0.0991. The number of nitrogens with zero attached hydrogens (tertiary/aromatic N) is 2. The summed E-state index contributed by atoms with van der Waals surface area (Å²) >= 11 is 0. The smallest absolute Gasteiger partial charge is 0.269 e. The zero-order valence-corrected chi connectivity index (χ0v) is 10.7. The lowest BCUT2D eigenvalue weighted by Gasteiger charge is -2.08. The molecule has 1 amide bonds. The van der Waals surface area contributed by atoms with Gasteiger partial charge in [-0.2, -0.15) is 0 Å². The SMILES string of the molecule is CC(=O)c1cc(N)ccc1Oc1ccc(C(N)=O)nn1. The molecular weight excluding hydrogens is 260 g/mol. The summed E-state index contributed by atoms with van der Waals surface area (Å²) < 4.78 is 5.46. The molecule has 4 N–H and O–H groups in total. The molecular formula is C13H12N4O3. The maximum absolute atomic E-state index is 11.5. The second-order valence-corrected chi connectivity index (χ2v) is 4.03. The predicted octanol–water partition coefficient (Wildman–Crippen LogP) is 1.15. The van der Waals surface area contributed by atoms with E-state index in [0.717, 1.165) is 0 Å². The topological polar surface area (TPSA) is 121 Å². The van der Waals surface area contributed by atoms with Crippen LogP contribution in [0.5, 0.6) is 11.6 Å². The van der Waals surface area contributed by atoms with E-state index in [0.29, 0.717) is 17.0 Å². The third-order valence-electron chi connectivity index (χ3n) is 2.49. The number of rotatable bonds is 4. The van der Waals surface area contributed by atoms with E-state index in [9.17, 15) is 9.59 Å². The molecule has 0 saturated carbocycles. The number of nitrogen functional groups attached to an aromatic ring is 1. The minimum Gasteiger partial charge on any atom is -0.437 e. The quantitative estimate of drug-likeness (QED) is 0.636. The largest absolute Gasteiger partial charge is 0.437 e. The Morgan fingerprint density at radius 2 is 1.90 bits per heavy atom. The third kappa shape index (κ3) is 2.89. The molecule has 102 valence electrons. The van der Waals surface area contributed by atoms with Crippen molar-refractivity contribution in [3.8, 4) is 11.6 Å². The number of ketones is 1. The van der Waals surface area contributed by atoms with Gasteiger partial charge in [-0.1, -0.05) is 0 Å². The normalized spacial score (nSPS) is 10.1. The van der Waals surface area contributed by atoms with Crippen LogP contribution in [0.1, 0.15) is 27.8 Å². The van der Waals surface area contributed by atoms with Crippen molar-refractivity contribution in [2.24, 2.45) is 5.73 Å². The predicted molar refractivity (Wildman–Crippen MR) is 71.5 cm³/mol. The van der Waals surface area contributed by atoms with Gasteiger partial charge in [0.05, 0.1) is 5.56 Å². The zero-order chi connectivity index (χ0) is 14.7. The van der Waals surface area contributed by atoms with Crippen molar-refractivity contribution in [2.45, 2.75) is 6.92 Å². The van der Waals surface area contributed by atoms with Gasteiger partial charge in [0.15, 0.2) is 11.5 Å². The van der Waals surface area contributed by atoms with Crippen LogP contribution in [0, 0.1) is 0 Å². The fourth-order valence-electron chi connectivity index (χ4n) is 1.53. The van der Waals surface area contributed by atoms with Gasteiger partial charge in [0.25, 0.3) is 5.91 Å². The molecule has 20 heavy (non-hydrogen) atoms. The number of Topliss-reactive ketones (excluding diaryl/α,β-unsaturated/α-hetero) is 1. The first kappa shape index (κ1) is 13.5. The highest BCUT2D eigenvalue weighted by Crippen LogP contribution is 2.26. The molecule has 0 atom stereocenters. The van der Waals surface area contributed by atoms with Crippen LogP contribution >= 0.6 is 0 Å². The monoisotopic (exact) mass is 272 g/mol. The van der Waals surface area contributed by atoms with E-state index < -0.39 is 5.91 Å². The number of primary amides is 1. The van der Waals surface area contributed by atoms with Crippen molar-refractivity contribution in [1.82, 2.24) is 10.2 Å². The van der Waals surface area contributed by atoms with Crippen molar-refractivity contribution >= 4 is 17.4 Å². The van der Waals surface area contributed by atoms with E-state index >= 15 is 0 Å². The second kappa shape index (κ2) is 5.35. The van der Waals surface area contributed by atoms with Gasteiger partial charge < -0.3 is 16.2 Å². The maximum Gasteiger partial charge on any atom is 0.269 e. The molecule has 1 aromatic heterocycles. The van der Waals surface area contributed by atoms with Crippen molar-refractivity contribution in [3.05, 3.63) is 41.6 Å². The highest BCUT2D eigenvalue weighted by Gasteiger charge is 2.11. The summed E-state index contributed by atoms with van der Waals surface area (Å²) in [7, 11) is 0. The highest BCUT2D eigenvalue weighted by atomic mass is 16.5. The second-order valence-electron chi connectivity index (χ2n) is 4.03. The summed E-state index contributed by atoms with van der Waals surface area (Å²) in [5, 5.41) is 7.31. The lowest BCUT2D eigenvalue weighted by Crippen LogP contribution is -2.13. The molecule has 0 bridgehead atoms. The minimum atomic E-state index is -0.680. The van der Waals surface area contributed by atoms with E-state index in [2.05, 4.69) is 10.2 Å². The van der Waals surface area contributed by atoms with Gasteiger partial charge in [-0.25, -0.2) is 0 Å². The molecule has 2 rings (SSSR count). The molecule has 0 spiro atoms. The number of carbonyl (C=O) groups excluding carboxylic acids is 2. The molecule has 7 heteroatoms. The summed E-state index contributed by atoms with van der Waals surface area (Å²) in [5.41, 5.74) is 11.5. The van der Waals surface area contributed by atoms with Crippen LogP contribution in [0.4, 0.5) is 5.69 Å². The highest BCUT2D eigenvalue weighted by molar-refractivity contribution is 5.97. The molecule has 1 aromatic carbocycles. The zero-order valence-electron chi connectivity index (χ0n) is 10.7. The number of benzene rings is 1. The van der Waals surface area contributed by atoms with Gasteiger partial charge >= 0.3 is 0 Å². The van der Waals surface area contributed by atoms with Gasteiger partial charge in [-0.3, -0.25) is 9.59 Å². The van der Waals surface area contributed by atoms with Crippen LogP contribution in [-0.2, 0) is 0 Å². The molecule has 1 heterocycles. The van der Waals surface area contributed by atoms with E-state index in [1.807, 2.05) is 0 Å². The van der Waals surface area contributed by atoms with Gasteiger partial charge in [-0.15, -0.1) is 10.2 Å². The van der Waals surface area contributed by atoms with Crippen LogP contribution < -0.4 is 16.2 Å². The van der Waals surface area contributed by atoms with Gasteiger partial charge in [0.2, 0.25) is 5.88 Å². The number of hydrogen-bond acceptors (Lipinski definition) is 6. The van der Waals surface area contributed by atoms with Crippen LogP contribution in [0.3, 0.4) is 0 Å². The molecule has 7 nitrogen and oxygen atoms in total. The fraction of sp³-hybridized carbons (Fsp3) is 0.0769. The lowest BCUT2D eigenvalue weighted by atomic mass is 10.1. The summed E-state index contributed by atoms with van der Waals surface area (Å²) in [5.74, 6) is -0.412. The number of anilines is 1. The summed E-state index contributed by atoms with van der Waals surface area (Å²) in [6.45, 7) is 1.41. The van der Waals surface area contributed by atoms with Crippen molar-refractivity contribution < 1.29 is 14.3 Å². The third-order valence-corrected chi connectivity index (χ3v) is 2.49. The van der Waals surface area contributed by atoms with E-state index in [1.165, 1.54) is 25.1 Å². The maximum atomic E-state index is 11.5. The number of nitrogens with two attached hydrogens (primary N) is 2. The number of amides is 1. The molecule has 0 unspecified atom stereocenters. The van der Waals surface area contributed by atoms with Gasteiger partial charge in [0.1, 0.15) is 5.75 Å². The average Bonchev–Trinajstić information content (AvgIpc) is 2.41. The van der Waals surface area contributed by atoms with Gasteiger partial charge in [-0.05, 0) is 31.2 Å². The Hall–Kier alpha value is -2.96. The van der Waals surface area contributed by atoms with Crippen LogP contribution in [0.15, 0.2) is 30.3 Å². The molecule has 0 radical (unpaired) electrons. The summed E-state index contributed by atoms with van der Waals surface area (Å²) in [6, 6.07) is 7.51. The van der Waals surface area contributed by atoms with Crippen LogP contribution in [0.25, 0.3) is 0 Å². The first-order valence-corrected chi connectivity index (χ1v) is 5.69. The fourth-order valence-corrected chi connectivity index (χ4v) is 1.53. The molecule has 0 aliphatic heterocycles. The van der Waals surface area contributed by atoms with E-state index in [1.54, 1.807) is 12.1 Å². The number of aromatic nitrogens is 2. The van der Waals surface area contributed by atoms with Crippen molar-refractivity contribution in [1.29, 1.82) is 0 Å². The molecule has 0 saturated heterocycles. The van der Waals surface area contributed by atoms with Gasteiger partial charge in [0, 0.05) is 11.8 Å². The summed E-state index contributed by atoms with van der Waals surface area (Å²) in [6.07, 6.45) is 0. The first-order valence-electron chi connectivity index (χ1n) is 5.69. The number of hydrogen-bond donors (Lipinski definition) is 2. The van der Waals surface area contributed by atoms with Crippen LogP contribution in [-0.4, -0.2) is 21.9 Å². The first-order chi connectivity index (χ1) is 9.47.